The van der Waals surface area contributed by atoms with E-state index < -0.39 is 25.8 Å². The third-order valence-electron chi connectivity index (χ3n) is 8.12. The average Bonchev–Trinajstić information content (AvgIpc) is 3.03. The summed E-state index contributed by atoms with van der Waals surface area (Å²) in [5, 5.41) is -0.392. The Morgan fingerprint density at radius 2 is 1.28 bits per heavy atom. The molecule has 0 aromatic heterocycles. The molecule has 0 saturated carbocycles. The van der Waals surface area contributed by atoms with Crippen LogP contribution in [0.4, 0.5) is 0 Å². The lowest BCUT2D eigenvalue weighted by Crippen LogP contribution is -2.75. The van der Waals surface area contributed by atoms with Crippen molar-refractivity contribution in [2.24, 2.45) is 0 Å². The lowest BCUT2D eigenvalue weighted by atomic mass is 10.1. The van der Waals surface area contributed by atoms with Crippen LogP contribution in [0.15, 0.2) is 113 Å². The van der Waals surface area contributed by atoms with E-state index >= 15 is 0 Å². The van der Waals surface area contributed by atoms with Gasteiger partial charge in [0.25, 0.3) is 0 Å². The number of carbonyl (C=O) groups is 2. The zero-order valence-corrected chi connectivity index (χ0v) is 30.7. The molecule has 3 aromatic carbocycles. The van der Waals surface area contributed by atoms with Gasteiger partial charge in [-0.15, -0.1) is 0 Å². The molecule has 5 nitrogen and oxygen atoms in total. The first-order chi connectivity index (χ1) is 22.0. The molecule has 0 amide bonds. The minimum atomic E-state index is -3.17. The Hall–Kier alpha value is -2.94. The Morgan fingerprint density at radius 1 is 0.761 bits per heavy atom. The quantitative estimate of drug-likeness (QED) is 0.0744. The van der Waals surface area contributed by atoms with Crippen molar-refractivity contribution in [1.82, 2.24) is 9.96 Å². The van der Waals surface area contributed by atoms with Crippen LogP contribution in [-0.4, -0.2) is 39.9 Å². The van der Waals surface area contributed by atoms with Crippen LogP contribution in [0.3, 0.4) is 0 Å². The van der Waals surface area contributed by atoms with Crippen molar-refractivity contribution in [2.45, 2.75) is 90.3 Å². The second kappa shape index (κ2) is 19.0. The summed E-state index contributed by atoms with van der Waals surface area (Å²) in [7, 11) is -3.17. The second-order valence-electron chi connectivity index (χ2n) is 13.2. The number of allylic oxidation sites excluding steroid dienone is 3. The summed E-state index contributed by atoms with van der Waals surface area (Å²) in [6.45, 7) is 11.1. The van der Waals surface area contributed by atoms with Gasteiger partial charge < -0.3 is 14.0 Å². The van der Waals surface area contributed by atoms with Crippen LogP contribution in [0.5, 0.6) is 0 Å². The maximum atomic E-state index is 12.5. The molecule has 2 N–H and O–H groups in total. The number of halogens is 1. The number of benzene rings is 3. The van der Waals surface area contributed by atoms with Gasteiger partial charge in [-0.25, -0.2) is 0 Å². The zero-order valence-electron chi connectivity index (χ0n) is 28.1. The van der Waals surface area contributed by atoms with Gasteiger partial charge in [-0.05, 0) is 81.2 Å². The first-order valence-corrected chi connectivity index (χ1v) is 19.0. The zero-order chi connectivity index (χ0) is 33.4. The molecule has 0 fully saturated rings. The number of nitrogens with one attached hydrogen (secondary N) is 2. The summed E-state index contributed by atoms with van der Waals surface area (Å²) < 4.78 is 8.01. The van der Waals surface area contributed by atoms with Crippen molar-refractivity contribution in [3.8, 4) is 0 Å². The van der Waals surface area contributed by atoms with E-state index in [9.17, 15) is 9.59 Å². The standard InChI is InChI=1S/C39H51BrN2O3Si/c1-31(16-13-22-33-23-14-24-36(40)25-33)15-12-17-32(2)30-45-46(39(3,4)5,41-37(28-43)26-34-18-8-6-9-19-34)42-38(29-44)27-35-20-10-7-11-21-35/h6-11,14,16-21,23-25,28-29,37-38,41-42H,12-13,15,22,26-27,30H2,1-5H3/b31-16+,32-17+/t37-,38-/m0/s1. The van der Waals surface area contributed by atoms with Gasteiger partial charge in [0.2, 0.25) is 0 Å². The molecule has 0 unspecified atom stereocenters. The van der Waals surface area contributed by atoms with E-state index in [2.05, 4.69) is 96.9 Å². The monoisotopic (exact) mass is 702 g/mol. The Morgan fingerprint density at radius 3 is 1.78 bits per heavy atom. The second-order valence-corrected chi connectivity index (χ2v) is 17.8. The molecule has 0 saturated heterocycles. The Kier molecular flexibility index (Phi) is 15.5. The fourth-order valence-electron chi connectivity index (χ4n) is 5.41. The van der Waals surface area contributed by atoms with E-state index in [4.69, 9.17) is 4.43 Å². The number of hydrogen-bond acceptors (Lipinski definition) is 5. The van der Waals surface area contributed by atoms with Gasteiger partial charge in [0, 0.05) is 9.51 Å². The van der Waals surface area contributed by atoms with Gasteiger partial charge in [-0.1, -0.05) is 133 Å². The first kappa shape index (κ1) is 37.5. The predicted molar refractivity (Wildman–Crippen MR) is 197 cm³/mol. The van der Waals surface area contributed by atoms with Gasteiger partial charge >= 0.3 is 8.64 Å². The Labute approximate surface area is 286 Å². The number of carbonyl (C=O) groups excluding carboxylic acids is 2. The lowest BCUT2D eigenvalue weighted by molar-refractivity contribution is -0.109. The van der Waals surface area contributed by atoms with Crippen LogP contribution in [0.1, 0.15) is 70.6 Å². The van der Waals surface area contributed by atoms with Gasteiger partial charge in [-0.3, -0.25) is 9.96 Å². The summed E-state index contributed by atoms with van der Waals surface area (Å²) in [5.74, 6) is 0. The van der Waals surface area contributed by atoms with Crippen molar-refractivity contribution in [2.75, 3.05) is 6.61 Å². The Balaban J connectivity index is 1.73. The Bertz CT molecular complexity index is 1360. The van der Waals surface area contributed by atoms with Crippen molar-refractivity contribution in [1.29, 1.82) is 0 Å². The normalized spacial score (nSPS) is 14.1. The number of hydrogen-bond donors (Lipinski definition) is 2. The molecular weight excluding hydrogens is 652 g/mol. The molecule has 0 heterocycles. The van der Waals surface area contributed by atoms with E-state index in [1.807, 2.05) is 60.7 Å². The third-order valence-corrected chi connectivity index (χ3v) is 12.9. The fraction of sp³-hybridized carbons (Fsp3) is 0.385. The molecule has 0 aliphatic heterocycles. The number of rotatable bonds is 19. The van der Waals surface area contributed by atoms with Crippen molar-refractivity contribution >= 4 is 37.1 Å². The van der Waals surface area contributed by atoms with Crippen LogP contribution in [0, 0.1) is 0 Å². The molecular formula is C39H51BrN2O3Si. The molecule has 0 radical (unpaired) electrons. The maximum absolute atomic E-state index is 12.5. The van der Waals surface area contributed by atoms with Crippen LogP contribution >= 0.6 is 15.9 Å². The van der Waals surface area contributed by atoms with E-state index in [0.29, 0.717) is 19.4 Å². The third kappa shape index (κ3) is 12.7. The molecule has 0 bridgehead atoms. The molecule has 7 heteroatoms. The largest absolute Gasteiger partial charge is 0.387 e. The smallest absolute Gasteiger partial charge is 0.358 e. The SMILES string of the molecule is C/C(=C\CCc1cccc(Br)c1)CC/C=C(\C)CO[Si](N[C@H](C=O)Cc1ccccc1)(N[C@H](C=O)Cc1ccccc1)C(C)(C)C. The molecule has 2 atom stereocenters. The van der Waals surface area contributed by atoms with E-state index in [0.717, 1.165) is 59.4 Å². The van der Waals surface area contributed by atoms with Crippen molar-refractivity contribution in [3.63, 3.8) is 0 Å². The summed E-state index contributed by atoms with van der Waals surface area (Å²) in [5.41, 5.74) is 5.98. The van der Waals surface area contributed by atoms with Crippen LogP contribution in [-0.2, 0) is 33.3 Å². The van der Waals surface area contributed by atoms with E-state index in [-0.39, 0.29) is 0 Å². The van der Waals surface area contributed by atoms with Gasteiger partial charge in [-0.2, -0.15) is 0 Å². The molecule has 0 aliphatic rings. The van der Waals surface area contributed by atoms with Crippen molar-refractivity contribution in [3.05, 3.63) is 129 Å². The molecule has 0 spiro atoms. The molecule has 0 aliphatic carbocycles. The molecule has 246 valence electrons. The lowest BCUT2D eigenvalue weighted by Gasteiger charge is -2.45. The average molecular weight is 704 g/mol. The summed E-state index contributed by atoms with van der Waals surface area (Å²) in [6.07, 6.45) is 11.5. The van der Waals surface area contributed by atoms with Gasteiger partial charge in [0.1, 0.15) is 12.6 Å². The minimum Gasteiger partial charge on any atom is -0.387 e. The highest BCUT2D eigenvalue weighted by Crippen LogP contribution is 2.34. The number of aldehydes is 2. The highest BCUT2D eigenvalue weighted by Gasteiger charge is 2.51. The van der Waals surface area contributed by atoms with Crippen LogP contribution in [0.25, 0.3) is 0 Å². The molecule has 46 heavy (non-hydrogen) atoms. The number of aryl methyl sites for hydroxylation is 1. The predicted octanol–water partition coefficient (Wildman–Crippen LogP) is 8.61. The highest BCUT2D eigenvalue weighted by atomic mass is 79.9. The van der Waals surface area contributed by atoms with Gasteiger partial charge in [0.05, 0.1) is 18.7 Å². The summed E-state index contributed by atoms with van der Waals surface area (Å²) in [4.78, 5) is 32.3. The van der Waals surface area contributed by atoms with Crippen molar-refractivity contribution < 1.29 is 14.0 Å². The van der Waals surface area contributed by atoms with Crippen LogP contribution in [0.2, 0.25) is 5.04 Å². The summed E-state index contributed by atoms with van der Waals surface area (Å²) in [6, 6.07) is 27.5. The van der Waals surface area contributed by atoms with E-state index in [1.165, 1.54) is 11.1 Å². The minimum absolute atomic E-state index is 0.392. The van der Waals surface area contributed by atoms with E-state index in [1.54, 1.807) is 0 Å². The highest BCUT2D eigenvalue weighted by molar-refractivity contribution is 9.10. The summed E-state index contributed by atoms with van der Waals surface area (Å²) >= 11 is 3.55. The topological polar surface area (TPSA) is 67.4 Å². The molecule has 3 rings (SSSR count). The van der Waals surface area contributed by atoms with Gasteiger partial charge in [0.15, 0.2) is 0 Å². The fourth-order valence-corrected chi connectivity index (χ4v) is 9.23. The molecule has 3 aromatic rings. The van der Waals surface area contributed by atoms with Crippen LogP contribution < -0.4 is 9.96 Å². The first-order valence-electron chi connectivity index (χ1n) is 16.3. The maximum Gasteiger partial charge on any atom is 0.358 e.